The molecule has 1 aromatic carbocycles. The number of hydrogen-bond donors (Lipinski definition) is 2. The number of carbonyl (C=O) groups is 1. The highest BCUT2D eigenvalue weighted by molar-refractivity contribution is 7.98. The summed E-state index contributed by atoms with van der Waals surface area (Å²) in [5.41, 5.74) is -0.204. The maximum atomic E-state index is 13.8. The molecule has 7 heteroatoms. The second-order valence-electron chi connectivity index (χ2n) is 3.42. The van der Waals surface area contributed by atoms with Crippen molar-refractivity contribution in [1.29, 1.82) is 0 Å². The summed E-state index contributed by atoms with van der Waals surface area (Å²) in [6, 6.07) is 3.94. The number of H-pyrrole nitrogens is 1. The highest BCUT2D eigenvalue weighted by atomic mass is 32.2. The number of nitrogens with zero attached hydrogens (tertiary/aromatic N) is 1. The molecule has 94 valence electrons. The number of rotatable bonds is 3. The van der Waals surface area contributed by atoms with Crippen molar-refractivity contribution < 1.29 is 18.7 Å². The average molecular weight is 270 g/mol. The Morgan fingerprint density at radius 3 is 2.67 bits per heavy atom. The van der Waals surface area contributed by atoms with E-state index in [4.69, 9.17) is 5.11 Å². The third-order valence-electron chi connectivity index (χ3n) is 2.35. The summed E-state index contributed by atoms with van der Waals surface area (Å²) < 4.78 is 27.3. The Hall–Kier alpha value is -1.89. The fourth-order valence-corrected chi connectivity index (χ4v) is 1.93. The van der Waals surface area contributed by atoms with Crippen LogP contribution in [-0.2, 0) is 0 Å². The summed E-state index contributed by atoms with van der Waals surface area (Å²) in [6.45, 7) is 0. The SMILES string of the molecule is CSc1ccc(-c2cc(C(=O)O)[nH]n2)c(F)c1F. The molecule has 1 aromatic heterocycles. The van der Waals surface area contributed by atoms with Gasteiger partial charge in [0.1, 0.15) is 5.69 Å². The Morgan fingerprint density at radius 1 is 1.39 bits per heavy atom. The van der Waals surface area contributed by atoms with Crippen molar-refractivity contribution in [3.8, 4) is 11.3 Å². The lowest BCUT2D eigenvalue weighted by Crippen LogP contribution is -1.95. The summed E-state index contributed by atoms with van der Waals surface area (Å²) in [5, 5.41) is 14.6. The Bertz CT molecular complexity index is 613. The van der Waals surface area contributed by atoms with E-state index in [9.17, 15) is 13.6 Å². The molecule has 0 amide bonds. The molecular weight excluding hydrogens is 262 g/mol. The van der Waals surface area contributed by atoms with Crippen LogP contribution in [0, 0.1) is 11.6 Å². The number of thioether (sulfide) groups is 1. The smallest absolute Gasteiger partial charge is 0.353 e. The van der Waals surface area contributed by atoms with Crippen LogP contribution in [0.1, 0.15) is 10.5 Å². The van der Waals surface area contributed by atoms with Gasteiger partial charge in [-0.25, -0.2) is 13.6 Å². The van der Waals surface area contributed by atoms with E-state index in [2.05, 4.69) is 10.2 Å². The van der Waals surface area contributed by atoms with Crippen LogP contribution in [0.3, 0.4) is 0 Å². The fraction of sp³-hybridized carbons (Fsp3) is 0.0909. The summed E-state index contributed by atoms with van der Waals surface area (Å²) >= 11 is 1.09. The maximum Gasteiger partial charge on any atom is 0.353 e. The van der Waals surface area contributed by atoms with E-state index in [1.165, 1.54) is 12.1 Å². The van der Waals surface area contributed by atoms with E-state index in [1.807, 2.05) is 0 Å². The van der Waals surface area contributed by atoms with E-state index >= 15 is 0 Å². The van der Waals surface area contributed by atoms with Gasteiger partial charge in [-0.15, -0.1) is 11.8 Å². The number of aromatic nitrogens is 2. The normalized spacial score (nSPS) is 10.6. The van der Waals surface area contributed by atoms with Crippen LogP contribution in [-0.4, -0.2) is 27.5 Å². The first-order valence-electron chi connectivity index (χ1n) is 4.85. The van der Waals surface area contributed by atoms with Gasteiger partial charge in [0.15, 0.2) is 11.6 Å². The van der Waals surface area contributed by atoms with Crippen LogP contribution < -0.4 is 0 Å². The van der Waals surface area contributed by atoms with Crippen LogP contribution in [0.15, 0.2) is 23.1 Å². The first-order valence-corrected chi connectivity index (χ1v) is 6.08. The van der Waals surface area contributed by atoms with Crippen LogP contribution in [0.2, 0.25) is 0 Å². The van der Waals surface area contributed by atoms with E-state index in [-0.39, 0.29) is 21.8 Å². The van der Waals surface area contributed by atoms with Gasteiger partial charge in [-0.3, -0.25) is 5.10 Å². The van der Waals surface area contributed by atoms with Crippen LogP contribution in [0.5, 0.6) is 0 Å². The van der Waals surface area contributed by atoms with Crippen molar-refractivity contribution in [3.05, 3.63) is 35.5 Å². The summed E-state index contributed by atoms with van der Waals surface area (Å²) in [4.78, 5) is 10.8. The van der Waals surface area contributed by atoms with Gasteiger partial charge in [-0.05, 0) is 24.5 Å². The average Bonchev–Trinajstić information content (AvgIpc) is 2.82. The van der Waals surface area contributed by atoms with Crippen LogP contribution in [0.4, 0.5) is 8.78 Å². The Kier molecular flexibility index (Phi) is 3.33. The molecule has 0 saturated carbocycles. The second kappa shape index (κ2) is 4.77. The number of carboxylic acid groups (broad SMARTS) is 1. The zero-order valence-corrected chi connectivity index (χ0v) is 10.0. The lowest BCUT2D eigenvalue weighted by molar-refractivity contribution is 0.0690. The topological polar surface area (TPSA) is 66.0 Å². The van der Waals surface area contributed by atoms with Crippen LogP contribution >= 0.6 is 11.8 Å². The molecule has 0 spiro atoms. The monoisotopic (exact) mass is 270 g/mol. The summed E-state index contributed by atoms with van der Waals surface area (Å²) in [6.07, 6.45) is 1.63. The number of carboxylic acids is 1. The lowest BCUT2D eigenvalue weighted by atomic mass is 10.1. The second-order valence-corrected chi connectivity index (χ2v) is 4.26. The number of hydrogen-bond acceptors (Lipinski definition) is 3. The summed E-state index contributed by atoms with van der Waals surface area (Å²) in [7, 11) is 0. The third-order valence-corrected chi connectivity index (χ3v) is 3.11. The number of aromatic carboxylic acids is 1. The molecule has 0 fully saturated rings. The van der Waals surface area contributed by atoms with Gasteiger partial charge in [0.05, 0.1) is 5.69 Å². The molecule has 18 heavy (non-hydrogen) atoms. The van der Waals surface area contributed by atoms with Gasteiger partial charge in [0.2, 0.25) is 0 Å². The third kappa shape index (κ3) is 2.08. The zero-order chi connectivity index (χ0) is 13.3. The van der Waals surface area contributed by atoms with Gasteiger partial charge in [0.25, 0.3) is 0 Å². The van der Waals surface area contributed by atoms with E-state index in [1.54, 1.807) is 6.26 Å². The quantitative estimate of drug-likeness (QED) is 0.842. The van der Waals surface area contributed by atoms with Crippen molar-refractivity contribution in [3.63, 3.8) is 0 Å². The molecule has 0 saturated heterocycles. The number of benzene rings is 1. The molecule has 0 aliphatic heterocycles. The predicted octanol–water partition coefficient (Wildman–Crippen LogP) is 2.77. The minimum absolute atomic E-state index is 0.0523. The Morgan fingerprint density at radius 2 is 2.11 bits per heavy atom. The summed E-state index contributed by atoms with van der Waals surface area (Å²) in [5.74, 6) is -3.21. The minimum Gasteiger partial charge on any atom is -0.477 e. The molecule has 2 rings (SSSR count). The fourth-order valence-electron chi connectivity index (χ4n) is 1.46. The predicted molar refractivity (Wildman–Crippen MR) is 62.7 cm³/mol. The highest BCUT2D eigenvalue weighted by Gasteiger charge is 2.17. The van der Waals surface area contributed by atoms with Crippen molar-refractivity contribution in [2.45, 2.75) is 4.90 Å². The first kappa shape index (κ1) is 12.6. The van der Waals surface area contributed by atoms with Gasteiger partial charge >= 0.3 is 5.97 Å². The molecule has 0 radical (unpaired) electrons. The van der Waals surface area contributed by atoms with E-state index in [0.29, 0.717) is 0 Å². The van der Waals surface area contributed by atoms with Crippen LogP contribution in [0.25, 0.3) is 11.3 Å². The molecule has 0 aliphatic rings. The lowest BCUT2D eigenvalue weighted by Gasteiger charge is -2.04. The Labute approximate surface area is 105 Å². The van der Waals surface area contributed by atoms with Crippen molar-refractivity contribution >= 4 is 17.7 Å². The molecule has 0 atom stereocenters. The standard InChI is InChI=1S/C11H8F2N2O2S/c1-18-8-3-2-5(9(12)10(8)13)6-4-7(11(16)17)15-14-6/h2-4H,1H3,(H,14,15)(H,16,17). The Balaban J connectivity index is 2.50. The largest absolute Gasteiger partial charge is 0.477 e. The first-order chi connectivity index (χ1) is 8.54. The number of halogens is 2. The van der Waals surface area contributed by atoms with Crippen molar-refractivity contribution in [2.24, 2.45) is 0 Å². The minimum atomic E-state index is -1.21. The van der Waals surface area contributed by atoms with Gasteiger partial charge in [-0.1, -0.05) is 0 Å². The number of nitrogens with one attached hydrogen (secondary N) is 1. The zero-order valence-electron chi connectivity index (χ0n) is 9.20. The van der Waals surface area contributed by atoms with Gasteiger partial charge in [-0.2, -0.15) is 5.10 Å². The molecule has 4 nitrogen and oxygen atoms in total. The maximum absolute atomic E-state index is 13.8. The van der Waals surface area contributed by atoms with Crippen molar-refractivity contribution in [2.75, 3.05) is 6.26 Å². The van der Waals surface area contributed by atoms with Crippen molar-refractivity contribution in [1.82, 2.24) is 10.2 Å². The molecule has 0 unspecified atom stereocenters. The highest BCUT2D eigenvalue weighted by Crippen LogP contribution is 2.29. The van der Waals surface area contributed by atoms with E-state index in [0.717, 1.165) is 17.8 Å². The molecule has 2 aromatic rings. The van der Waals surface area contributed by atoms with E-state index < -0.39 is 17.6 Å². The molecule has 1 heterocycles. The number of aromatic amines is 1. The molecular formula is C11H8F2N2O2S. The van der Waals surface area contributed by atoms with Gasteiger partial charge in [0, 0.05) is 10.5 Å². The van der Waals surface area contributed by atoms with Gasteiger partial charge < -0.3 is 5.11 Å². The molecule has 2 N–H and O–H groups in total. The molecule has 0 bridgehead atoms. The molecule has 0 aliphatic carbocycles.